The van der Waals surface area contributed by atoms with Crippen LogP contribution in [0.1, 0.15) is 23.6 Å². The Morgan fingerprint density at radius 3 is 2.02 bits per heavy atom. The van der Waals surface area contributed by atoms with Gasteiger partial charge in [-0.1, -0.05) is 85.8 Å². The van der Waals surface area contributed by atoms with Gasteiger partial charge in [0.1, 0.15) is 18.4 Å². The predicted molar refractivity (Wildman–Crippen MR) is 162 cm³/mol. The number of carbonyl (C=O) groups is 2. The number of carbonyl (C=O) groups excluding carboxylic acids is 2. The van der Waals surface area contributed by atoms with Crippen LogP contribution < -0.4 is 9.62 Å². The third kappa shape index (κ3) is 7.22. The molecule has 1 N–H and O–H groups in total. The summed E-state index contributed by atoms with van der Waals surface area (Å²) in [6.07, 6.45) is 0.740. The summed E-state index contributed by atoms with van der Waals surface area (Å²) in [7, 11) is -2.68. The summed E-state index contributed by atoms with van der Waals surface area (Å²) in [6, 6.07) is 29.0. The molecule has 0 aliphatic carbocycles. The smallest absolute Gasteiger partial charge is 0.264 e. The van der Waals surface area contributed by atoms with E-state index in [9.17, 15) is 22.4 Å². The quantitative estimate of drug-likeness (QED) is 0.254. The average molecular weight is 588 g/mol. The van der Waals surface area contributed by atoms with Gasteiger partial charge in [0.2, 0.25) is 11.8 Å². The van der Waals surface area contributed by atoms with Gasteiger partial charge in [-0.3, -0.25) is 13.9 Å². The van der Waals surface area contributed by atoms with E-state index in [1.807, 2.05) is 49.4 Å². The summed E-state index contributed by atoms with van der Waals surface area (Å²) < 4.78 is 42.9. The minimum absolute atomic E-state index is 0.0291. The van der Waals surface area contributed by atoms with E-state index in [4.69, 9.17) is 0 Å². The van der Waals surface area contributed by atoms with Crippen molar-refractivity contribution in [2.45, 2.75) is 37.2 Å². The molecule has 1 unspecified atom stereocenters. The third-order valence-electron chi connectivity index (χ3n) is 7.03. The first-order valence-corrected chi connectivity index (χ1v) is 15.1. The molecular formula is C33H34FN3O4S. The fraction of sp³-hybridized carbons (Fsp3) is 0.212. The Hall–Kier alpha value is -4.50. The first-order valence-electron chi connectivity index (χ1n) is 13.7. The second-order valence-corrected chi connectivity index (χ2v) is 11.6. The average Bonchev–Trinajstić information content (AvgIpc) is 3.02. The molecule has 0 fully saturated rings. The maximum absolute atomic E-state index is 14.3. The molecule has 0 saturated heterocycles. The molecule has 0 saturated carbocycles. The zero-order valence-electron chi connectivity index (χ0n) is 23.6. The summed E-state index contributed by atoms with van der Waals surface area (Å²) in [5.74, 6) is -1.41. The molecule has 7 nitrogen and oxygen atoms in total. The van der Waals surface area contributed by atoms with Crippen molar-refractivity contribution in [2.75, 3.05) is 17.9 Å². The van der Waals surface area contributed by atoms with Crippen molar-refractivity contribution in [3.63, 3.8) is 0 Å². The Morgan fingerprint density at radius 1 is 0.810 bits per heavy atom. The van der Waals surface area contributed by atoms with E-state index >= 15 is 0 Å². The molecule has 1 atom stereocenters. The molecule has 0 bridgehead atoms. The molecular weight excluding hydrogens is 553 g/mol. The highest BCUT2D eigenvalue weighted by molar-refractivity contribution is 7.92. The van der Waals surface area contributed by atoms with Gasteiger partial charge in [-0.2, -0.15) is 0 Å². The summed E-state index contributed by atoms with van der Waals surface area (Å²) in [5.41, 5.74) is 2.56. The van der Waals surface area contributed by atoms with Crippen LogP contribution in [0, 0.1) is 5.82 Å². The molecule has 4 rings (SSSR count). The van der Waals surface area contributed by atoms with Crippen LogP contribution in [-0.4, -0.2) is 44.8 Å². The van der Waals surface area contributed by atoms with Crippen LogP contribution in [0.15, 0.2) is 114 Å². The maximum Gasteiger partial charge on any atom is 0.264 e. The molecule has 42 heavy (non-hydrogen) atoms. The minimum atomic E-state index is -4.17. The number of anilines is 1. The van der Waals surface area contributed by atoms with Crippen molar-refractivity contribution >= 4 is 27.5 Å². The zero-order chi connectivity index (χ0) is 30.1. The number of para-hydroxylation sites is 1. The fourth-order valence-electron chi connectivity index (χ4n) is 4.79. The van der Waals surface area contributed by atoms with Crippen LogP contribution in [0.3, 0.4) is 0 Å². The highest BCUT2D eigenvalue weighted by Gasteiger charge is 2.34. The lowest BCUT2D eigenvalue weighted by Crippen LogP contribution is -2.53. The van der Waals surface area contributed by atoms with E-state index < -0.39 is 40.2 Å². The SMILES string of the molecule is CCc1ccccc1N(CC(=O)N(Cc1ccc(F)cc1)C(Cc1ccccc1)C(=O)NC)S(=O)(=O)c1ccccc1. The number of amides is 2. The largest absolute Gasteiger partial charge is 0.357 e. The summed E-state index contributed by atoms with van der Waals surface area (Å²) in [4.78, 5) is 29.0. The van der Waals surface area contributed by atoms with E-state index in [1.54, 1.807) is 42.5 Å². The summed E-state index contributed by atoms with van der Waals surface area (Å²) in [6.45, 7) is 1.34. The minimum Gasteiger partial charge on any atom is -0.357 e. The number of benzene rings is 4. The Balaban J connectivity index is 1.80. The second kappa shape index (κ2) is 13.9. The van der Waals surface area contributed by atoms with E-state index in [0.29, 0.717) is 17.7 Å². The maximum atomic E-state index is 14.3. The molecule has 0 radical (unpaired) electrons. The number of nitrogens with one attached hydrogen (secondary N) is 1. The lowest BCUT2D eigenvalue weighted by Gasteiger charge is -2.34. The van der Waals surface area contributed by atoms with Crippen LogP contribution >= 0.6 is 0 Å². The topological polar surface area (TPSA) is 86.8 Å². The summed E-state index contributed by atoms with van der Waals surface area (Å²) >= 11 is 0. The van der Waals surface area contributed by atoms with Gasteiger partial charge in [-0.15, -0.1) is 0 Å². The van der Waals surface area contributed by atoms with Crippen molar-refractivity contribution in [3.8, 4) is 0 Å². The van der Waals surface area contributed by atoms with Crippen molar-refractivity contribution in [3.05, 3.63) is 132 Å². The molecule has 0 heterocycles. The first-order chi connectivity index (χ1) is 20.2. The van der Waals surface area contributed by atoms with Gasteiger partial charge in [0.15, 0.2) is 0 Å². The van der Waals surface area contributed by atoms with Crippen LogP contribution in [0.4, 0.5) is 10.1 Å². The molecule has 2 amide bonds. The molecule has 218 valence electrons. The lowest BCUT2D eigenvalue weighted by atomic mass is 10.0. The zero-order valence-corrected chi connectivity index (χ0v) is 24.4. The van der Waals surface area contributed by atoms with Gasteiger partial charge in [-0.25, -0.2) is 12.8 Å². The Labute approximate surface area is 246 Å². The van der Waals surface area contributed by atoms with Crippen molar-refractivity contribution in [1.82, 2.24) is 10.2 Å². The highest BCUT2D eigenvalue weighted by Crippen LogP contribution is 2.28. The van der Waals surface area contributed by atoms with Crippen molar-refractivity contribution < 1.29 is 22.4 Å². The van der Waals surface area contributed by atoms with E-state index in [-0.39, 0.29) is 17.9 Å². The molecule has 4 aromatic carbocycles. The van der Waals surface area contributed by atoms with Gasteiger partial charge < -0.3 is 10.2 Å². The number of nitrogens with zero attached hydrogens (tertiary/aromatic N) is 2. The Kier molecular flexibility index (Phi) is 10.1. The van der Waals surface area contributed by atoms with Crippen LogP contribution in [0.5, 0.6) is 0 Å². The number of hydrogen-bond donors (Lipinski definition) is 1. The Morgan fingerprint density at radius 2 is 1.40 bits per heavy atom. The molecule has 0 aromatic heterocycles. The number of rotatable bonds is 12. The molecule has 9 heteroatoms. The molecule has 0 aliphatic heterocycles. The van der Waals surface area contributed by atoms with Crippen LogP contribution in [0.2, 0.25) is 0 Å². The standard InChI is InChI=1S/C33H34FN3O4S/c1-3-27-14-10-11-17-30(27)37(42(40,41)29-15-8-5-9-16-29)24-32(38)36(23-26-18-20-28(34)21-19-26)31(33(39)35-2)22-25-12-6-4-7-13-25/h4-21,31H,3,22-24H2,1-2H3,(H,35,39). The van der Waals surface area contributed by atoms with Crippen LogP contribution in [0.25, 0.3) is 0 Å². The van der Waals surface area contributed by atoms with Gasteiger partial charge in [0, 0.05) is 20.0 Å². The van der Waals surface area contributed by atoms with Crippen LogP contribution in [-0.2, 0) is 39.0 Å². The second-order valence-electron chi connectivity index (χ2n) is 9.77. The monoisotopic (exact) mass is 587 g/mol. The molecule has 4 aromatic rings. The van der Waals surface area contributed by atoms with Crippen molar-refractivity contribution in [1.29, 1.82) is 0 Å². The molecule has 0 spiro atoms. The highest BCUT2D eigenvalue weighted by atomic mass is 32.2. The van der Waals surface area contributed by atoms with Gasteiger partial charge >= 0.3 is 0 Å². The van der Waals surface area contributed by atoms with E-state index in [0.717, 1.165) is 15.4 Å². The van der Waals surface area contributed by atoms with Crippen molar-refractivity contribution in [2.24, 2.45) is 0 Å². The lowest BCUT2D eigenvalue weighted by molar-refractivity contribution is -0.139. The number of halogens is 1. The Bertz CT molecular complexity index is 1600. The normalized spacial score (nSPS) is 11.9. The predicted octanol–water partition coefficient (Wildman–Crippen LogP) is 4.97. The third-order valence-corrected chi connectivity index (χ3v) is 8.81. The van der Waals surface area contributed by atoms with E-state index in [1.165, 1.54) is 36.2 Å². The number of aryl methyl sites for hydroxylation is 1. The number of hydrogen-bond acceptors (Lipinski definition) is 4. The van der Waals surface area contributed by atoms with E-state index in [2.05, 4.69) is 5.32 Å². The number of sulfonamides is 1. The van der Waals surface area contributed by atoms with Gasteiger partial charge in [0.25, 0.3) is 10.0 Å². The fourth-order valence-corrected chi connectivity index (χ4v) is 6.27. The van der Waals surface area contributed by atoms with Gasteiger partial charge in [0.05, 0.1) is 10.6 Å². The molecule has 0 aliphatic rings. The first kappa shape index (κ1) is 30.5. The van der Waals surface area contributed by atoms with Gasteiger partial charge in [-0.05, 0) is 53.4 Å². The summed E-state index contributed by atoms with van der Waals surface area (Å²) in [5, 5.41) is 2.65. The number of likely N-dealkylation sites (N-methyl/N-ethyl adjacent to an activating group) is 1.